The molecular weight excluding hydrogens is 358 g/mol. The molecule has 1 fully saturated rings. The number of alkyl halides is 6. The van der Waals surface area contributed by atoms with E-state index < -0.39 is 30.4 Å². The molecule has 1 N–H and O–H groups in total. The van der Waals surface area contributed by atoms with Gasteiger partial charge in [-0.15, -0.1) is 12.4 Å². The molecule has 1 aromatic carbocycles. The van der Waals surface area contributed by atoms with Gasteiger partial charge in [0, 0.05) is 38.6 Å². The minimum absolute atomic E-state index is 0. The molecule has 0 saturated carbocycles. The molecule has 0 bridgehead atoms. The summed E-state index contributed by atoms with van der Waals surface area (Å²) in [4.78, 5) is 1.70. The average Bonchev–Trinajstić information content (AvgIpc) is 2.47. The largest absolute Gasteiger partial charge is 0.416 e. The second kappa shape index (κ2) is 8.40. The van der Waals surface area contributed by atoms with Crippen LogP contribution < -0.4 is 5.32 Å². The molecule has 0 amide bonds. The van der Waals surface area contributed by atoms with Gasteiger partial charge in [-0.3, -0.25) is 4.90 Å². The fourth-order valence-corrected chi connectivity index (χ4v) is 2.87. The smallest absolute Gasteiger partial charge is 0.314 e. The zero-order valence-corrected chi connectivity index (χ0v) is 13.6. The van der Waals surface area contributed by atoms with Crippen LogP contribution in [-0.4, -0.2) is 37.3 Å². The molecule has 138 valence electrons. The van der Waals surface area contributed by atoms with E-state index in [0.29, 0.717) is 26.2 Å². The van der Waals surface area contributed by atoms with E-state index in [2.05, 4.69) is 5.32 Å². The lowest BCUT2D eigenvalue weighted by atomic mass is 9.94. The van der Waals surface area contributed by atoms with Crippen molar-refractivity contribution in [3.63, 3.8) is 0 Å². The summed E-state index contributed by atoms with van der Waals surface area (Å²) in [6.07, 6.45) is -10.5. The van der Waals surface area contributed by atoms with Crippen LogP contribution in [0, 0.1) is 0 Å². The van der Waals surface area contributed by atoms with Crippen molar-refractivity contribution in [2.45, 2.75) is 31.2 Å². The van der Waals surface area contributed by atoms with Crippen molar-refractivity contribution in [3.8, 4) is 0 Å². The zero-order chi connectivity index (χ0) is 17.1. The molecule has 1 aliphatic rings. The Morgan fingerprint density at radius 3 is 2.12 bits per heavy atom. The number of halogens is 7. The van der Waals surface area contributed by atoms with Gasteiger partial charge in [-0.25, -0.2) is 0 Å². The maximum Gasteiger partial charge on any atom is 0.416 e. The van der Waals surface area contributed by atoms with Crippen molar-refractivity contribution in [1.29, 1.82) is 0 Å². The third-order valence-electron chi connectivity index (χ3n) is 3.92. The molecule has 0 aliphatic carbocycles. The van der Waals surface area contributed by atoms with Crippen LogP contribution in [0.15, 0.2) is 24.3 Å². The Morgan fingerprint density at radius 1 is 1.00 bits per heavy atom. The molecule has 2 rings (SSSR count). The van der Waals surface area contributed by atoms with Gasteiger partial charge in [-0.2, -0.15) is 26.3 Å². The molecule has 1 aliphatic heterocycles. The number of hydrogen-bond acceptors (Lipinski definition) is 2. The summed E-state index contributed by atoms with van der Waals surface area (Å²) in [6, 6.07) is 4.01. The van der Waals surface area contributed by atoms with Gasteiger partial charge in [0.05, 0.1) is 5.56 Å². The van der Waals surface area contributed by atoms with Gasteiger partial charge in [-0.05, 0) is 18.1 Å². The van der Waals surface area contributed by atoms with Crippen LogP contribution in [0.25, 0.3) is 0 Å². The van der Waals surface area contributed by atoms with Gasteiger partial charge in [0.15, 0.2) is 0 Å². The highest BCUT2D eigenvalue weighted by Gasteiger charge is 2.38. The number of rotatable bonds is 4. The number of nitrogens with one attached hydrogen (secondary N) is 1. The second-order valence-electron chi connectivity index (χ2n) is 5.54. The first kappa shape index (κ1) is 21.1. The van der Waals surface area contributed by atoms with Crippen molar-refractivity contribution in [2.24, 2.45) is 0 Å². The molecule has 1 heterocycles. The Hall–Kier alpha value is -0.990. The van der Waals surface area contributed by atoms with Crippen molar-refractivity contribution in [3.05, 3.63) is 35.4 Å². The number of piperazine rings is 1. The number of hydrogen-bond donors (Lipinski definition) is 1. The molecule has 9 heteroatoms. The third kappa shape index (κ3) is 5.82. The Kier molecular flexibility index (Phi) is 7.37. The third-order valence-corrected chi connectivity index (χ3v) is 3.92. The first-order valence-electron chi connectivity index (χ1n) is 7.36. The minimum Gasteiger partial charge on any atom is -0.314 e. The molecule has 0 unspecified atom stereocenters. The Morgan fingerprint density at radius 2 is 1.58 bits per heavy atom. The van der Waals surface area contributed by atoms with E-state index in [1.807, 2.05) is 0 Å². The summed E-state index contributed by atoms with van der Waals surface area (Å²) in [5, 5.41) is 3.05. The summed E-state index contributed by atoms with van der Waals surface area (Å²) < 4.78 is 77.3. The van der Waals surface area contributed by atoms with Gasteiger partial charge in [0.2, 0.25) is 0 Å². The molecule has 24 heavy (non-hydrogen) atoms. The Bertz CT molecular complexity index is 511. The maximum atomic E-state index is 13.2. The van der Waals surface area contributed by atoms with E-state index in [4.69, 9.17) is 0 Å². The van der Waals surface area contributed by atoms with Gasteiger partial charge in [-0.1, -0.05) is 18.2 Å². The van der Waals surface area contributed by atoms with E-state index >= 15 is 0 Å². The maximum absolute atomic E-state index is 13.2. The van der Waals surface area contributed by atoms with Crippen molar-refractivity contribution in [2.75, 3.05) is 26.2 Å². The molecule has 0 radical (unpaired) electrons. The lowest BCUT2D eigenvalue weighted by molar-refractivity contribution is -0.141. The Balaban J connectivity index is 0.00000288. The van der Waals surface area contributed by atoms with E-state index in [-0.39, 0.29) is 24.4 Å². The topological polar surface area (TPSA) is 15.3 Å². The van der Waals surface area contributed by atoms with Crippen LogP contribution in [0.3, 0.4) is 0 Å². The van der Waals surface area contributed by atoms with Crippen LogP contribution in [0.2, 0.25) is 0 Å². The predicted molar refractivity (Wildman–Crippen MR) is 81.2 cm³/mol. The van der Waals surface area contributed by atoms with Gasteiger partial charge in [0.25, 0.3) is 0 Å². The lowest BCUT2D eigenvalue weighted by Crippen LogP contribution is -2.45. The zero-order valence-electron chi connectivity index (χ0n) is 12.8. The average molecular weight is 377 g/mol. The van der Waals surface area contributed by atoms with Crippen LogP contribution in [-0.2, 0) is 6.18 Å². The summed E-state index contributed by atoms with van der Waals surface area (Å²) in [5.41, 5.74) is -0.933. The van der Waals surface area contributed by atoms with Crippen LogP contribution in [0.5, 0.6) is 0 Å². The fourth-order valence-electron chi connectivity index (χ4n) is 2.87. The van der Waals surface area contributed by atoms with Crippen LogP contribution >= 0.6 is 12.4 Å². The number of nitrogens with zero attached hydrogens (tertiary/aromatic N) is 1. The minimum atomic E-state index is -4.58. The Labute approximate surface area is 142 Å². The van der Waals surface area contributed by atoms with Gasteiger partial charge < -0.3 is 5.32 Å². The highest BCUT2D eigenvalue weighted by Crippen LogP contribution is 2.39. The highest BCUT2D eigenvalue weighted by molar-refractivity contribution is 5.85. The molecule has 1 aromatic rings. The second-order valence-corrected chi connectivity index (χ2v) is 5.54. The van der Waals surface area contributed by atoms with Crippen LogP contribution in [0.4, 0.5) is 26.3 Å². The first-order chi connectivity index (χ1) is 10.7. The van der Waals surface area contributed by atoms with Gasteiger partial charge in [0.1, 0.15) is 0 Å². The molecule has 2 nitrogen and oxygen atoms in total. The van der Waals surface area contributed by atoms with E-state index in [9.17, 15) is 26.3 Å². The van der Waals surface area contributed by atoms with Crippen LogP contribution in [0.1, 0.15) is 30.0 Å². The van der Waals surface area contributed by atoms with Crippen molar-refractivity contribution < 1.29 is 26.3 Å². The van der Waals surface area contributed by atoms with E-state index in [1.54, 1.807) is 4.90 Å². The summed E-state index contributed by atoms with van der Waals surface area (Å²) >= 11 is 0. The summed E-state index contributed by atoms with van der Waals surface area (Å²) in [5.74, 6) is 0. The predicted octanol–water partition coefficient (Wildman–Crippen LogP) is 4.42. The molecule has 1 saturated heterocycles. The quantitative estimate of drug-likeness (QED) is 0.783. The SMILES string of the molecule is Cl.FC(F)(F)CC[C@@H](c1ccccc1C(F)(F)F)N1CCNCC1. The summed E-state index contributed by atoms with van der Waals surface area (Å²) in [7, 11) is 0. The normalized spacial score (nSPS) is 18.1. The first-order valence-corrected chi connectivity index (χ1v) is 7.36. The fraction of sp³-hybridized carbons (Fsp3) is 0.600. The molecular formula is C15H19ClF6N2. The summed E-state index contributed by atoms with van der Waals surface area (Å²) in [6.45, 7) is 1.96. The lowest BCUT2D eigenvalue weighted by Gasteiger charge is -2.36. The molecule has 0 spiro atoms. The standard InChI is InChI=1S/C15H18F6N2.ClH/c16-14(17,18)6-5-13(23-9-7-22-8-10-23)11-3-1-2-4-12(11)15(19,20)21;/h1-4,13,22H,5-10H2;1H/t13-;/m0./s1. The van der Waals surface area contributed by atoms with Crippen molar-refractivity contribution >= 4 is 12.4 Å². The van der Waals surface area contributed by atoms with E-state index in [1.165, 1.54) is 18.2 Å². The highest BCUT2D eigenvalue weighted by atomic mass is 35.5. The molecule has 0 aromatic heterocycles. The van der Waals surface area contributed by atoms with Crippen molar-refractivity contribution in [1.82, 2.24) is 10.2 Å². The monoisotopic (exact) mass is 376 g/mol. The van der Waals surface area contributed by atoms with E-state index in [0.717, 1.165) is 6.07 Å². The van der Waals surface area contributed by atoms with Gasteiger partial charge >= 0.3 is 12.4 Å². The molecule has 1 atom stereocenters. The number of benzene rings is 1.